The summed E-state index contributed by atoms with van der Waals surface area (Å²) < 4.78 is 11.0. The van der Waals surface area contributed by atoms with Crippen molar-refractivity contribution in [3.8, 4) is 0 Å². The Morgan fingerprint density at radius 2 is 1.80 bits per heavy atom. The average molecular weight is 285 g/mol. The Kier molecular flexibility index (Phi) is 4.49. The minimum atomic E-state index is -0.584. The number of carbonyl (C=O) groups excluding carboxylic acids is 2. The first-order chi connectivity index (χ1) is 9.41. The SMILES string of the molecule is CCC(=O)N1CCN(C(=O)NC2COC(C)(C)OC2)C1. The fourth-order valence-electron chi connectivity index (χ4n) is 2.22. The zero-order chi connectivity index (χ0) is 14.8. The van der Waals surface area contributed by atoms with Gasteiger partial charge in [0.2, 0.25) is 5.91 Å². The van der Waals surface area contributed by atoms with Gasteiger partial charge in [-0.1, -0.05) is 6.92 Å². The third-order valence-electron chi connectivity index (χ3n) is 3.52. The van der Waals surface area contributed by atoms with E-state index in [9.17, 15) is 9.59 Å². The minimum Gasteiger partial charge on any atom is -0.348 e. The summed E-state index contributed by atoms with van der Waals surface area (Å²) in [5, 5.41) is 2.88. The molecule has 3 amide bonds. The molecule has 20 heavy (non-hydrogen) atoms. The van der Waals surface area contributed by atoms with Crippen molar-refractivity contribution < 1.29 is 19.1 Å². The molecule has 0 aromatic rings. The van der Waals surface area contributed by atoms with Crippen molar-refractivity contribution in [2.45, 2.75) is 39.0 Å². The van der Waals surface area contributed by atoms with Crippen LogP contribution in [0.2, 0.25) is 0 Å². The van der Waals surface area contributed by atoms with Gasteiger partial charge in [0.05, 0.1) is 25.9 Å². The topological polar surface area (TPSA) is 71.1 Å². The Morgan fingerprint density at radius 3 is 2.40 bits per heavy atom. The molecule has 0 atom stereocenters. The van der Waals surface area contributed by atoms with Crippen LogP contribution in [-0.4, -0.2) is 66.5 Å². The van der Waals surface area contributed by atoms with Crippen LogP contribution in [0.1, 0.15) is 27.2 Å². The summed E-state index contributed by atoms with van der Waals surface area (Å²) in [7, 11) is 0. The van der Waals surface area contributed by atoms with E-state index in [-0.39, 0.29) is 18.0 Å². The largest absolute Gasteiger partial charge is 0.348 e. The summed E-state index contributed by atoms with van der Waals surface area (Å²) in [6, 6.07) is -0.320. The molecule has 0 aromatic carbocycles. The van der Waals surface area contributed by atoms with E-state index in [0.29, 0.717) is 39.4 Å². The van der Waals surface area contributed by atoms with Crippen LogP contribution in [0.4, 0.5) is 4.79 Å². The molecule has 2 saturated heterocycles. The van der Waals surface area contributed by atoms with Gasteiger partial charge < -0.3 is 24.6 Å². The Bertz CT molecular complexity index is 376. The van der Waals surface area contributed by atoms with Crippen molar-refractivity contribution >= 4 is 11.9 Å². The van der Waals surface area contributed by atoms with E-state index in [1.54, 1.807) is 9.80 Å². The normalized spacial score (nSPS) is 22.9. The van der Waals surface area contributed by atoms with Gasteiger partial charge in [0, 0.05) is 19.5 Å². The zero-order valence-electron chi connectivity index (χ0n) is 12.3. The molecule has 114 valence electrons. The van der Waals surface area contributed by atoms with Crippen molar-refractivity contribution in [1.82, 2.24) is 15.1 Å². The highest BCUT2D eigenvalue weighted by Crippen LogP contribution is 2.17. The molecule has 0 unspecified atom stereocenters. The van der Waals surface area contributed by atoms with Crippen molar-refractivity contribution in [3.05, 3.63) is 0 Å². The highest BCUT2D eigenvalue weighted by Gasteiger charge is 2.32. The van der Waals surface area contributed by atoms with Gasteiger partial charge in [-0.15, -0.1) is 0 Å². The minimum absolute atomic E-state index is 0.0754. The molecule has 0 saturated carbocycles. The molecule has 2 fully saturated rings. The van der Waals surface area contributed by atoms with E-state index in [0.717, 1.165) is 0 Å². The smallest absolute Gasteiger partial charge is 0.319 e. The van der Waals surface area contributed by atoms with Gasteiger partial charge in [0.25, 0.3) is 0 Å². The number of urea groups is 1. The standard InChI is InChI=1S/C13H23N3O4/c1-4-11(17)15-5-6-16(9-15)12(18)14-10-7-19-13(2,3)20-8-10/h10H,4-9H2,1-3H3,(H,14,18). The highest BCUT2D eigenvalue weighted by atomic mass is 16.7. The lowest BCUT2D eigenvalue weighted by Crippen LogP contribution is -2.53. The Labute approximate surface area is 119 Å². The number of carbonyl (C=O) groups is 2. The van der Waals surface area contributed by atoms with Crippen molar-refractivity contribution in [2.75, 3.05) is 33.0 Å². The van der Waals surface area contributed by atoms with Crippen LogP contribution in [0.25, 0.3) is 0 Å². The van der Waals surface area contributed by atoms with Crippen molar-refractivity contribution in [1.29, 1.82) is 0 Å². The van der Waals surface area contributed by atoms with E-state index >= 15 is 0 Å². The molecule has 1 N–H and O–H groups in total. The fourth-order valence-corrected chi connectivity index (χ4v) is 2.22. The van der Waals surface area contributed by atoms with Crippen molar-refractivity contribution in [2.24, 2.45) is 0 Å². The van der Waals surface area contributed by atoms with E-state index < -0.39 is 5.79 Å². The molecule has 0 aliphatic carbocycles. The molecule has 2 aliphatic rings. The predicted octanol–water partition coefficient (Wildman–Crippen LogP) is 0.359. The lowest BCUT2D eigenvalue weighted by Gasteiger charge is -2.35. The first kappa shape index (κ1) is 15.1. The van der Waals surface area contributed by atoms with Crippen LogP contribution in [0.3, 0.4) is 0 Å². The summed E-state index contributed by atoms with van der Waals surface area (Å²) in [5.41, 5.74) is 0. The number of nitrogens with one attached hydrogen (secondary N) is 1. The average Bonchev–Trinajstić information content (AvgIpc) is 2.90. The molecule has 7 nitrogen and oxygen atoms in total. The molecule has 2 rings (SSSR count). The molecule has 2 aliphatic heterocycles. The summed E-state index contributed by atoms with van der Waals surface area (Å²) in [6.45, 7) is 7.91. The van der Waals surface area contributed by atoms with Gasteiger partial charge in [0.1, 0.15) is 0 Å². The lowest BCUT2D eigenvalue weighted by atomic mass is 10.2. The van der Waals surface area contributed by atoms with Gasteiger partial charge in [-0.2, -0.15) is 0 Å². The van der Waals surface area contributed by atoms with Crippen LogP contribution in [0, 0.1) is 0 Å². The maximum Gasteiger partial charge on any atom is 0.319 e. The number of hydrogen-bond donors (Lipinski definition) is 1. The summed E-state index contributed by atoms with van der Waals surface area (Å²) >= 11 is 0. The predicted molar refractivity (Wildman–Crippen MR) is 71.9 cm³/mol. The zero-order valence-corrected chi connectivity index (χ0v) is 12.3. The Hall–Kier alpha value is -1.34. The van der Waals surface area contributed by atoms with E-state index in [4.69, 9.17) is 9.47 Å². The highest BCUT2D eigenvalue weighted by molar-refractivity contribution is 5.79. The van der Waals surface area contributed by atoms with E-state index in [1.165, 1.54) is 0 Å². The van der Waals surface area contributed by atoms with E-state index in [2.05, 4.69) is 5.32 Å². The second-order valence-corrected chi connectivity index (χ2v) is 5.58. The number of amides is 3. The summed E-state index contributed by atoms with van der Waals surface area (Å²) in [5.74, 6) is -0.509. The van der Waals surface area contributed by atoms with Crippen LogP contribution in [0.15, 0.2) is 0 Å². The second kappa shape index (κ2) is 5.97. The van der Waals surface area contributed by atoms with Gasteiger partial charge in [0.15, 0.2) is 5.79 Å². The number of nitrogens with zero attached hydrogens (tertiary/aromatic N) is 2. The van der Waals surface area contributed by atoms with Gasteiger partial charge in [-0.3, -0.25) is 4.79 Å². The molecule has 7 heteroatoms. The summed E-state index contributed by atoms with van der Waals surface area (Å²) in [6.07, 6.45) is 0.467. The first-order valence-electron chi connectivity index (χ1n) is 7.02. The van der Waals surface area contributed by atoms with Gasteiger partial charge in [-0.25, -0.2) is 4.79 Å². The number of hydrogen-bond acceptors (Lipinski definition) is 4. The fraction of sp³-hybridized carbons (Fsp3) is 0.846. The van der Waals surface area contributed by atoms with E-state index in [1.807, 2.05) is 20.8 Å². The Morgan fingerprint density at radius 1 is 1.20 bits per heavy atom. The molecule has 2 heterocycles. The van der Waals surface area contributed by atoms with Crippen LogP contribution in [-0.2, 0) is 14.3 Å². The molecular weight excluding hydrogens is 262 g/mol. The van der Waals surface area contributed by atoms with Crippen LogP contribution in [0.5, 0.6) is 0 Å². The maximum absolute atomic E-state index is 12.1. The van der Waals surface area contributed by atoms with Crippen molar-refractivity contribution in [3.63, 3.8) is 0 Å². The Balaban J connectivity index is 1.77. The van der Waals surface area contributed by atoms with Gasteiger partial charge >= 0.3 is 6.03 Å². The monoisotopic (exact) mass is 285 g/mol. The molecule has 0 bridgehead atoms. The summed E-state index contributed by atoms with van der Waals surface area (Å²) in [4.78, 5) is 27.0. The molecule has 0 spiro atoms. The number of rotatable bonds is 2. The molecule has 0 aromatic heterocycles. The first-order valence-corrected chi connectivity index (χ1v) is 7.02. The third kappa shape index (κ3) is 3.61. The van der Waals surface area contributed by atoms with Crippen LogP contribution >= 0.6 is 0 Å². The molecular formula is C13H23N3O4. The quantitative estimate of drug-likeness (QED) is 0.795. The molecule has 0 radical (unpaired) electrons. The second-order valence-electron chi connectivity index (χ2n) is 5.58. The lowest BCUT2D eigenvalue weighted by molar-refractivity contribution is -0.251. The van der Waals surface area contributed by atoms with Crippen LogP contribution < -0.4 is 5.32 Å². The third-order valence-corrected chi connectivity index (χ3v) is 3.52. The maximum atomic E-state index is 12.1. The number of ether oxygens (including phenoxy) is 2. The van der Waals surface area contributed by atoms with Gasteiger partial charge in [-0.05, 0) is 13.8 Å².